The Labute approximate surface area is 348 Å². The van der Waals surface area contributed by atoms with Crippen LogP contribution in [-0.2, 0) is 34.5 Å². The number of hydrogen-bond acceptors (Lipinski definition) is 5. The van der Waals surface area contributed by atoms with Crippen LogP contribution in [0.1, 0.15) is 73.4 Å². The molecule has 1 amide bonds. The molecular formula is C41H40F5N3O3S. The summed E-state index contributed by atoms with van der Waals surface area (Å²) in [5.41, 5.74) is -15.7. The van der Waals surface area contributed by atoms with E-state index in [2.05, 4.69) is 0 Å². The van der Waals surface area contributed by atoms with E-state index in [1.54, 1.807) is 0 Å². The van der Waals surface area contributed by atoms with Crippen LogP contribution >= 0.6 is 11.8 Å². The van der Waals surface area contributed by atoms with Crippen molar-refractivity contribution < 1.29 is 69.9 Å². The number of thioether (sulfide) groups is 1. The van der Waals surface area contributed by atoms with Crippen molar-refractivity contribution in [1.29, 1.82) is 0 Å². The van der Waals surface area contributed by atoms with Gasteiger partial charge < -0.3 is 19.1 Å². The zero-order valence-corrected chi connectivity index (χ0v) is 27.8. The molecule has 0 spiro atoms. The molecule has 4 aromatic carbocycles. The minimum atomic E-state index is -5.57. The smallest absolute Gasteiger partial charge is 0.383 e. The highest BCUT2D eigenvalue weighted by molar-refractivity contribution is 7.98. The lowest BCUT2D eigenvalue weighted by molar-refractivity contribution is -0.137. The Bertz CT molecular complexity index is 3470. The molecule has 0 bridgehead atoms. The molecule has 0 atom stereocenters. The number of nitrogens with zero attached hydrogens (tertiary/aromatic N) is 3. The molecule has 6 nitrogen and oxygen atoms in total. The van der Waals surface area contributed by atoms with Crippen molar-refractivity contribution in [2.24, 2.45) is 0 Å². The average molecular weight is 778 g/mol. The molecule has 1 aliphatic heterocycles. The first-order chi connectivity index (χ1) is 36.6. The fourth-order valence-corrected chi connectivity index (χ4v) is 5.05. The molecule has 2 heterocycles. The van der Waals surface area contributed by atoms with Gasteiger partial charge in [0, 0.05) is 75.6 Å². The van der Waals surface area contributed by atoms with Gasteiger partial charge in [-0.3, -0.25) is 9.59 Å². The van der Waals surface area contributed by atoms with Crippen molar-refractivity contribution >= 4 is 28.6 Å². The maximum Gasteiger partial charge on any atom is 0.416 e. The van der Waals surface area contributed by atoms with Crippen molar-refractivity contribution in [2.75, 3.05) is 33.3 Å². The van der Waals surface area contributed by atoms with Crippen LogP contribution in [0.25, 0.3) is 22.0 Å². The number of aromatic nitrogens is 1. The number of likely N-dealkylation sites (tertiary alicyclic amines) is 1. The van der Waals surface area contributed by atoms with Crippen molar-refractivity contribution in [3.8, 4) is 11.1 Å². The lowest BCUT2D eigenvalue weighted by Gasteiger charge is -2.39. The third-order valence-corrected chi connectivity index (χ3v) is 7.63. The van der Waals surface area contributed by atoms with E-state index in [-0.39, 0.29) is 9.47 Å². The van der Waals surface area contributed by atoms with Crippen molar-refractivity contribution in [3.63, 3.8) is 0 Å². The van der Waals surface area contributed by atoms with Crippen LogP contribution in [-0.4, -0.2) is 59.5 Å². The fourth-order valence-electron chi connectivity index (χ4n) is 4.30. The molecule has 0 unspecified atom stereocenters. The molecule has 12 heteroatoms. The van der Waals surface area contributed by atoms with Crippen molar-refractivity contribution in [1.82, 2.24) is 14.4 Å². The number of carbonyl (C=O) groups is 1. The third-order valence-electron chi connectivity index (χ3n) is 6.81. The monoisotopic (exact) mass is 777 g/mol. The number of benzene rings is 4. The zero-order valence-electron chi connectivity index (χ0n) is 55.0. The van der Waals surface area contributed by atoms with E-state index in [0.29, 0.717) is 0 Å². The predicted octanol–water partition coefficient (Wildman–Crippen LogP) is 8.71. The van der Waals surface area contributed by atoms with Crippen LogP contribution in [0.3, 0.4) is 0 Å². The van der Waals surface area contributed by atoms with Crippen LogP contribution in [0.4, 0.5) is 22.0 Å². The first-order valence-electron chi connectivity index (χ1n) is 28.8. The second-order valence-electron chi connectivity index (χ2n) is 10.5. The maximum absolute atomic E-state index is 15.8. The van der Waals surface area contributed by atoms with Crippen LogP contribution < -0.4 is 5.43 Å². The number of hydrogen-bond donors (Lipinski definition) is 0. The summed E-state index contributed by atoms with van der Waals surface area (Å²) < 4.78 is 326. The second-order valence-corrected chi connectivity index (χ2v) is 11.3. The van der Waals surface area contributed by atoms with Gasteiger partial charge >= 0.3 is 6.18 Å². The van der Waals surface area contributed by atoms with E-state index in [4.69, 9.17) is 33.5 Å². The van der Waals surface area contributed by atoms with Crippen LogP contribution in [0, 0.1) is 18.6 Å². The normalized spacial score (nSPS) is 26.7. The van der Waals surface area contributed by atoms with Gasteiger partial charge in [0.05, 0.1) is 47.4 Å². The molecule has 0 N–H and O–H groups in total. The average Bonchev–Trinajstić information content (AvgIpc) is 3.34. The lowest BCUT2D eigenvalue weighted by atomic mass is 10.00. The van der Waals surface area contributed by atoms with Gasteiger partial charge in [-0.05, 0) is 66.6 Å². The first kappa shape index (κ1) is 16.5. The fraction of sp³-hybridized carbons (Fsp3) is 0.317. The molecule has 0 aliphatic carbocycles. The molecule has 1 fully saturated rings. The number of methoxy groups -OCH3 is 1. The van der Waals surface area contributed by atoms with Gasteiger partial charge in [0.2, 0.25) is 5.91 Å². The molecule has 0 radical (unpaired) electrons. The number of halogens is 5. The first-order valence-corrected chi connectivity index (χ1v) is 15.6. The van der Waals surface area contributed by atoms with E-state index in [1.165, 1.54) is 0 Å². The zero-order chi connectivity index (χ0) is 62.4. The summed E-state index contributed by atoms with van der Waals surface area (Å²) in [5, 5.41) is -2.52. The number of pyridine rings is 1. The Kier molecular flexibility index (Phi) is 5.17. The second kappa shape index (κ2) is 16.7. The summed E-state index contributed by atoms with van der Waals surface area (Å²) >= 11 is -0.624. The predicted molar refractivity (Wildman–Crippen MR) is 198 cm³/mol. The van der Waals surface area contributed by atoms with Gasteiger partial charge in [0.25, 0.3) is 0 Å². The molecule has 1 saturated heterocycles. The number of alkyl halides is 3. The van der Waals surface area contributed by atoms with Crippen molar-refractivity contribution in [3.05, 3.63) is 135 Å². The van der Waals surface area contributed by atoms with E-state index in [9.17, 15) is 27.6 Å². The Morgan fingerprint density at radius 3 is 2.36 bits per heavy atom. The van der Waals surface area contributed by atoms with Crippen LogP contribution in [0.15, 0.2) is 100 Å². The number of carbonyl (C=O) groups excluding carboxylic acids is 1. The van der Waals surface area contributed by atoms with E-state index >= 15 is 13.6 Å². The number of ether oxygens (including phenoxy) is 1. The lowest BCUT2D eigenvalue weighted by Crippen LogP contribution is -2.48. The van der Waals surface area contributed by atoms with Crippen LogP contribution in [0.2, 0.25) is 0 Å². The highest BCUT2D eigenvalue weighted by atomic mass is 32.2. The van der Waals surface area contributed by atoms with Gasteiger partial charge in [-0.2, -0.15) is 13.2 Å². The highest BCUT2D eigenvalue weighted by Crippen LogP contribution is 2.32. The molecule has 1 aromatic heterocycles. The van der Waals surface area contributed by atoms with Crippen molar-refractivity contribution in [2.45, 2.75) is 55.6 Å². The number of amides is 1. The Morgan fingerprint density at radius 2 is 1.70 bits per heavy atom. The summed E-state index contributed by atoms with van der Waals surface area (Å²) in [7, 11) is 0.995. The van der Waals surface area contributed by atoms with Gasteiger partial charge in [-0.15, -0.1) is 11.8 Å². The summed E-state index contributed by atoms with van der Waals surface area (Å²) in [6.45, 7) is -16.0. The Hall–Kier alpha value is -4.52. The SMILES string of the molecule is [2H]c1c([2H])c(F)c(F)c(C([2H])([2H])Sc2c([2H])c(=O)c3c([2H])c(C)c([2H])c([2H])c3n2CC(=O)N(C([2H])([2H])c2c([2H])c([2H])c(-c3c([2H])c([2H])c(C(F)(F)F)c([2H])c3[2H])c([2H])c2[2H])C2([2H])C([2H])([2H])C([2H])([2H])N(CCOC)C([2H])([2H])C2([2H])[2H])c1[2H]. The molecule has 53 heavy (non-hydrogen) atoms. The van der Waals surface area contributed by atoms with Gasteiger partial charge in [-0.1, -0.05) is 59.9 Å². The molecule has 278 valence electrons. The molecular weight excluding hydrogens is 710 g/mol. The number of piperidine rings is 1. The minimum absolute atomic E-state index is 0.0832. The summed E-state index contributed by atoms with van der Waals surface area (Å²) in [6.07, 6.45) is -14.8. The van der Waals surface area contributed by atoms with E-state index < -0.39 is 249 Å². The summed E-state index contributed by atoms with van der Waals surface area (Å²) in [5.74, 6) is -6.98. The topological polar surface area (TPSA) is 54.8 Å². The van der Waals surface area contributed by atoms with E-state index in [1.807, 2.05) is 0 Å². The number of rotatable bonds is 12. The molecule has 1 aliphatic rings. The Balaban J connectivity index is 1.81. The van der Waals surface area contributed by atoms with Gasteiger partial charge in [-0.25, -0.2) is 8.78 Å². The molecule has 0 saturated carbocycles. The standard InChI is InChI=1S/C41H40F5N3O3S/c1-27-6-15-36-34(22-27)37(50)23-39(53-26-31-4-3-5-35(42)40(31)43)49(36)25-38(51)48(33-16-18-47(19-17-33)20-21-52-2)24-28-7-9-29(10-8-28)30-11-13-32(14-12-30)41(44,45)46/h3-15,22-23,33H,16-21,24-26H2,1-2H3/i3D,4D,5D,6D,7D,8D,9D,10D,11D,12D,13D,14D,15D,16D2,17D2,18D2,19D2,22D,23D,24D2,26D2,33D. The van der Waals surface area contributed by atoms with E-state index in [0.717, 1.165) is 14.0 Å². The maximum atomic E-state index is 15.8. The van der Waals surface area contributed by atoms with Crippen LogP contribution in [0.5, 0.6) is 0 Å². The molecule has 6 rings (SSSR count). The highest BCUT2D eigenvalue weighted by Gasteiger charge is 2.31. The summed E-state index contributed by atoms with van der Waals surface area (Å²) in [4.78, 5) is 28.8. The Morgan fingerprint density at radius 1 is 1.02 bits per heavy atom. The summed E-state index contributed by atoms with van der Waals surface area (Å²) in [6, 6.07) is -28.2. The molecule has 5 aromatic rings. The van der Waals surface area contributed by atoms with Gasteiger partial charge in [0.15, 0.2) is 17.1 Å². The largest absolute Gasteiger partial charge is 0.416 e. The number of fused-ring (bicyclic) bond motifs is 1. The quantitative estimate of drug-likeness (QED) is 0.0938. The van der Waals surface area contributed by atoms with Gasteiger partial charge in [0.1, 0.15) is 6.54 Å². The minimum Gasteiger partial charge on any atom is -0.383 e. The third kappa shape index (κ3) is 9.17.